The van der Waals surface area contributed by atoms with Gasteiger partial charge in [0.2, 0.25) is 0 Å². The van der Waals surface area contributed by atoms with E-state index in [1.54, 1.807) is 0 Å². The molecule has 0 aliphatic rings. The molecule has 0 radical (unpaired) electrons. The van der Waals surface area contributed by atoms with Crippen LogP contribution in [-0.2, 0) is 6.54 Å². The molecule has 0 aromatic carbocycles. The van der Waals surface area contributed by atoms with Crippen molar-refractivity contribution in [3.05, 3.63) is 17.5 Å². The number of nitrogens with two attached hydrogens (primary N) is 1. The van der Waals surface area contributed by atoms with E-state index >= 15 is 0 Å². The fraction of sp³-hybridized carbons (Fsp3) is 0.571. The molecule has 1 aromatic heterocycles. The molecule has 56 valence electrons. The lowest BCUT2D eigenvalue weighted by atomic mass is 10.3. The number of hydrogen-bond acceptors (Lipinski definition) is 2. The standard InChI is InChI=1S/C7H13N3/c1-6-5-9-10(4-3-8)7(6)2/h5H,3-4,8H2,1-2H3. The zero-order valence-electron chi connectivity index (χ0n) is 6.46. The number of nitrogens with zero attached hydrogens (tertiary/aromatic N) is 2. The van der Waals surface area contributed by atoms with E-state index in [1.807, 2.05) is 10.9 Å². The molecule has 0 fully saturated rings. The molecule has 0 bridgehead atoms. The number of hydrogen-bond donors (Lipinski definition) is 1. The van der Waals surface area contributed by atoms with Gasteiger partial charge in [0.1, 0.15) is 0 Å². The molecule has 3 heteroatoms. The van der Waals surface area contributed by atoms with Gasteiger partial charge in [0.25, 0.3) is 0 Å². The van der Waals surface area contributed by atoms with Crippen LogP contribution in [0.1, 0.15) is 11.3 Å². The highest BCUT2D eigenvalue weighted by atomic mass is 15.3. The number of aromatic nitrogens is 2. The van der Waals surface area contributed by atoms with Crippen molar-refractivity contribution in [1.29, 1.82) is 0 Å². The van der Waals surface area contributed by atoms with Gasteiger partial charge in [0, 0.05) is 12.2 Å². The minimum atomic E-state index is 0.655. The van der Waals surface area contributed by atoms with Crippen LogP contribution in [0, 0.1) is 13.8 Å². The maximum absolute atomic E-state index is 5.38. The minimum Gasteiger partial charge on any atom is -0.329 e. The molecule has 0 spiro atoms. The van der Waals surface area contributed by atoms with Crippen molar-refractivity contribution in [2.24, 2.45) is 5.73 Å². The van der Waals surface area contributed by atoms with Crippen LogP contribution in [0.25, 0.3) is 0 Å². The van der Waals surface area contributed by atoms with E-state index in [1.165, 1.54) is 11.3 Å². The second-order valence-corrected chi connectivity index (χ2v) is 2.42. The fourth-order valence-electron chi connectivity index (χ4n) is 0.888. The Hall–Kier alpha value is -0.830. The molecule has 2 N–H and O–H groups in total. The summed E-state index contributed by atoms with van der Waals surface area (Å²) in [6, 6.07) is 0. The average Bonchev–Trinajstić information content (AvgIpc) is 2.20. The van der Waals surface area contributed by atoms with Crippen molar-refractivity contribution in [1.82, 2.24) is 9.78 Å². The Morgan fingerprint density at radius 2 is 2.30 bits per heavy atom. The molecule has 10 heavy (non-hydrogen) atoms. The van der Waals surface area contributed by atoms with E-state index in [9.17, 15) is 0 Å². The molecule has 3 nitrogen and oxygen atoms in total. The van der Waals surface area contributed by atoms with Crippen molar-refractivity contribution in [3.63, 3.8) is 0 Å². The Labute approximate surface area is 60.8 Å². The SMILES string of the molecule is Cc1cnn(CCN)c1C. The van der Waals surface area contributed by atoms with E-state index in [0.717, 1.165) is 6.54 Å². The van der Waals surface area contributed by atoms with E-state index < -0.39 is 0 Å². The van der Waals surface area contributed by atoms with Crippen molar-refractivity contribution >= 4 is 0 Å². The van der Waals surface area contributed by atoms with Crippen LogP contribution < -0.4 is 5.73 Å². The first-order valence-corrected chi connectivity index (χ1v) is 3.44. The molecule has 0 atom stereocenters. The minimum absolute atomic E-state index is 0.655. The maximum Gasteiger partial charge on any atom is 0.0534 e. The normalized spacial score (nSPS) is 10.3. The quantitative estimate of drug-likeness (QED) is 0.646. The second-order valence-electron chi connectivity index (χ2n) is 2.42. The Morgan fingerprint density at radius 3 is 2.70 bits per heavy atom. The largest absolute Gasteiger partial charge is 0.329 e. The Kier molecular flexibility index (Phi) is 2.06. The molecule has 1 rings (SSSR count). The molecule has 0 saturated carbocycles. The van der Waals surface area contributed by atoms with Gasteiger partial charge in [-0.1, -0.05) is 0 Å². The summed E-state index contributed by atoms with van der Waals surface area (Å²) in [6.07, 6.45) is 1.87. The molecule has 0 saturated heterocycles. The van der Waals surface area contributed by atoms with Gasteiger partial charge in [0.05, 0.1) is 12.7 Å². The summed E-state index contributed by atoms with van der Waals surface area (Å²) in [5.41, 5.74) is 7.82. The van der Waals surface area contributed by atoms with Crippen LogP contribution in [0.2, 0.25) is 0 Å². The monoisotopic (exact) mass is 139 g/mol. The van der Waals surface area contributed by atoms with Crippen LogP contribution in [-0.4, -0.2) is 16.3 Å². The van der Waals surface area contributed by atoms with E-state index in [2.05, 4.69) is 18.9 Å². The van der Waals surface area contributed by atoms with E-state index in [4.69, 9.17) is 5.73 Å². The van der Waals surface area contributed by atoms with Gasteiger partial charge in [-0.25, -0.2) is 0 Å². The van der Waals surface area contributed by atoms with Crippen molar-refractivity contribution in [3.8, 4) is 0 Å². The summed E-state index contributed by atoms with van der Waals surface area (Å²) in [4.78, 5) is 0. The van der Waals surface area contributed by atoms with E-state index in [0.29, 0.717) is 6.54 Å². The molecule has 1 aromatic rings. The number of rotatable bonds is 2. The lowest BCUT2D eigenvalue weighted by molar-refractivity contribution is 0.607. The van der Waals surface area contributed by atoms with Gasteiger partial charge in [-0.3, -0.25) is 4.68 Å². The average molecular weight is 139 g/mol. The third-order valence-corrected chi connectivity index (χ3v) is 1.69. The van der Waals surface area contributed by atoms with Gasteiger partial charge in [0.15, 0.2) is 0 Å². The topological polar surface area (TPSA) is 43.8 Å². The predicted molar refractivity (Wildman–Crippen MR) is 40.8 cm³/mol. The molecule has 0 aliphatic heterocycles. The van der Waals surface area contributed by atoms with Gasteiger partial charge in [-0.15, -0.1) is 0 Å². The highest BCUT2D eigenvalue weighted by Gasteiger charge is 1.98. The van der Waals surface area contributed by atoms with Crippen LogP contribution in [0.15, 0.2) is 6.20 Å². The van der Waals surface area contributed by atoms with Gasteiger partial charge < -0.3 is 5.73 Å². The first-order valence-electron chi connectivity index (χ1n) is 3.44. The van der Waals surface area contributed by atoms with Gasteiger partial charge in [-0.2, -0.15) is 5.10 Å². The lowest BCUT2D eigenvalue weighted by Crippen LogP contribution is -2.12. The summed E-state index contributed by atoms with van der Waals surface area (Å²) < 4.78 is 1.93. The van der Waals surface area contributed by atoms with Crippen LogP contribution in [0.5, 0.6) is 0 Å². The van der Waals surface area contributed by atoms with Crippen LogP contribution in [0.4, 0.5) is 0 Å². The Balaban J connectivity index is 2.83. The van der Waals surface area contributed by atoms with Gasteiger partial charge >= 0.3 is 0 Å². The summed E-state index contributed by atoms with van der Waals surface area (Å²) in [7, 11) is 0. The first kappa shape index (κ1) is 7.28. The Morgan fingerprint density at radius 1 is 1.60 bits per heavy atom. The summed E-state index contributed by atoms with van der Waals surface area (Å²) >= 11 is 0. The molecular weight excluding hydrogens is 126 g/mol. The van der Waals surface area contributed by atoms with Gasteiger partial charge in [-0.05, 0) is 19.4 Å². The Bertz CT molecular complexity index is 215. The molecular formula is C7H13N3. The predicted octanol–water partition coefficient (Wildman–Crippen LogP) is 0.459. The van der Waals surface area contributed by atoms with Crippen molar-refractivity contribution in [2.75, 3.05) is 6.54 Å². The fourth-order valence-corrected chi connectivity index (χ4v) is 0.888. The molecule has 0 amide bonds. The summed E-state index contributed by atoms with van der Waals surface area (Å²) in [5, 5.41) is 4.14. The molecule has 0 aliphatic carbocycles. The van der Waals surface area contributed by atoms with Crippen LogP contribution >= 0.6 is 0 Å². The van der Waals surface area contributed by atoms with E-state index in [-0.39, 0.29) is 0 Å². The highest BCUT2D eigenvalue weighted by Crippen LogP contribution is 2.03. The summed E-state index contributed by atoms with van der Waals surface area (Å²) in [5.74, 6) is 0. The maximum atomic E-state index is 5.38. The van der Waals surface area contributed by atoms with Crippen molar-refractivity contribution < 1.29 is 0 Å². The summed E-state index contributed by atoms with van der Waals surface area (Å²) in [6.45, 7) is 5.58. The lowest BCUT2D eigenvalue weighted by Gasteiger charge is -2.00. The highest BCUT2D eigenvalue weighted by molar-refractivity contribution is 5.12. The second kappa shape index (κ2) is 2.84. The first-order chi connectivity index (χ1) is 4.75. The van der Waals surface area contributed by atoms with Crippen LogP contribution in [0.3, 0.4) is 0 Å². The third kappa shape index (κ3) is 1.19. The van der Waals surface area contributed by atoms with Crippen molar-refractivity contribution in [2.45, 2.75) is 20.4 Å². The molecule has 1 heterocycles. The zero-order valence-corrected chi connectivity index (χ0v) is 6.46. The smallest absolute Gasteiger partial charge is 0.0534 e. The zero-order chi connectivity index (χ0) is 7.56. The third-order valence-electron chi connectivity index (χ3n) is 1.69. The number of aryl methyl sites for hydroxylation is 1. The molecule has 0 unspecified atom stereocenters.